The van der Waals surface area contributed by atoms with Gasteiger partial charge in [0.1, 0.15) is 60.8 Å². The van der Waals surface area contributed by atoms with Crippen molar-refractivity contribution in [2.45, 2.75) is 13.1 Å². The Bertz CT molecular complexity index is 2250. The van der Waals surface area contributed by atoms with Crippen molar-refractivity contribution in [1.82, 2.24) is 9.13 Å². The van der Waals surface area contributed by atoms with Crippen LogP contribution in [0.2, 0.25) is 0 Å². The van der Waals surface area contributed by atoms with Gasteiger partial charge in [-0.15, -0.1) is 0 Å². The number of nitrogens with zero attached hydrogens (tertiary/aromatic N) is 6. The first kappa shape index (κ1) is 32.4. The van der Waals surface area contributed by atoms with E-state index in [-0.39, 0.29) is 0 Å². The Kier molecular flexibility index (Phi) is 9.09. The quantitative estimate of drug-likeness (QED) is 0.153. The third-order valence-electron chi connectivity index (χ3n) is 9.21. The number of hydrogen-bond acceptors (Lipinski definition) is 2. The van der Waals surface area contributed by atoms with Gasteiger partial charge in [0.15, 0.2) is 24.8 Å². The molecule has 0 amide bonds. The van der Waals surface area contributed by atoms with E-state index in [0.29, 0.717) is 0 Å². The normalized spacial score (nSPS) is 11.0. The molecular weight excluding hydrogens is 645 g/mol. The molecule has 254 valence electrons. The highest BCUT2D eigenvalue weighted by Gasteiger charge is 2.18. The van der Waals surface area contributed by atoms with Crippen molar-refractivity contribution in [3.63, 3.8) is 0 Å². The molecule has 0 radical (unpaired) electrons. The van der Waals surface area contributed by atoms with Crippen molar-refractivity contribution < 1.29 is 27.7 Å². The van der Waals surface area contributed by atoms with Crippen LogP contribution in [0.1, 0.15) is 11.1 Å². The average Bonchev–Trinajstić information content (AvgIpc) is 3.88. The summed E-state index contributed by atoms with van der Waals surface area (Å²) < 4.78 is 24.2. The Hall–Kier alpha value is -6.80. The molecule has 4 aromatic heterocycles. The highest BCUT2D eigenvalue weighted by atomic mass is 16.5. The van der Waals surface area contributed by atoms with Crippen LogP contribution >= 0.6 is 0 Å². The van der Waals surface area contributed by atoms with Crippen molar-refractivity contribution >= 4 is 0 Å². The van der Waals surface area contributed by atoms with Gasteiger partial charge in [0.05, 0.1) is 38.5 Å². The van der Waals surface area contributed by atoms with E-state index in [2.05, 4.69) is 199 Å². The van der Waals surface area contributed by atoms with Crippen LogP contribution in [0.3, 0.4) is 0 Å². The second kappa shape index (κ2) is 14.6. The van der Waals surface area contributed by atoms with Crippen molar-refractivity contribution in [1.29, 1.82) is 0 Å². The van der Waals surface area contributed by atoms with Crippen molar-refractivity contribution in [2.75, 3.05) is 14.2 Å². The Morgan fingerprint density at radius 2 is 0.865 bits per heavy atom. The molecule has 8 heteroatoms. The zero-order chi connectivity index (χ0) is 35.3. The third kappa shape index (κ3) is 7.22. The van der Waals surface area contributed by atoms with Gasteiger partial charge in [0.2, 0.25) is 24.0 Å². The smallest absolute Gasteiger partial charge is 0.249 e. The average molecular weight is 685 g/mol. The molecule has 0 atom stereocenters. The summed E-state index contributed by atoms with van der Waals surface area (Å²) in [4.78, 5) is 0. The van der Waals surface area contributed by atoms with Gasteiger partial charge in [0, 0.05) is 36.4 Å². The molecule has 0 N–H and O–H groups in total. The number of methoxy groups -OCH3 is 2. The van der Waals surface area contributed by atoms with Gasteiger partial charge in [-0.1, -0.05) is 60.7 Å². The number of rotatable bonds is 11. The molecule has 0 saturated carbocycles. The predicted molar refractivity (Wildman–Crippen MR) is 198 cm³/mol. The molecule has 4 aromatic carbocycles. The van der Waals surface area contributed by atoms with E-state index >= 15 is 0 Å². The standard InChI is InChI=1S/C44H40N6O2/c1-51-43-27-39(25-41(29-43)49-23-21-45(33-49)31-35-9-5-3-6-10-35)47-17-13-37(14-18-47)38-15-19-48(20-16-38)40-26-42(30-44(28-40)52-2)50-24-22-46(34-50)32-36-11-7-4-8-12-36/h3-30,33-34H,31-32H2,1-2H3/q+4. The van der Waals surface area contributed by atoms with Gasteiger partial charge in [-0.2, -0.15) is 9.13 Å². The van der Waals surface area contributed by atoms with Gasteiger partial charge in [-0.3, -0.25) is 0 Å². The molecule has 0 saturated heterocycles. The highest BCUT2D eigenvalue weighted by molar-refractivity contribution is 5.61. The first-order valence-electron chi connectivity index (χ1n) is 17.2. The fourth-order valence-electron chi connectivity index (χ4n) is 6.42. The monoisotopic (exact) mass is 684 g/mol. The number of ether oxygens (including phenoxy) is 2. The van der Waals surface area contributed by atoms with Crippen LogP contribution in [0.25, 0.3) is 33.9 Å². The van der Waals surface area contributed by atoms with Crippen LogP contribution < -0.4 is 27.7 Å². The molecule has 8 aromatic rings. The molecule has 0 unspecified atom stereocenters. The maximum Gasteiger partial charge on any atom is 0.249 e. The molecule has 0 aliphatic rings. The summed E-state index contributed by atoms with van der Waals surface area (Å²) in [7, 11) is 3.41. The van der Waals surface area contributed by atoms with Gasteiger partial charge < -0.3 is 9.47 Å². The SMILES string of the molecule is COc1cc(-n2cc[n+](Cc3ccccc3)c2)cc(-[n+]2ccc(-c3cc[n+](-c4cc(OC)cc(-n5cc[n+](Cc6ccccc6)c5)c4)cc3)cc2)c1. The molecule has 8 nitrogen and oxygen atoms in total. The zero-order valence-corrected chi connectivity index (χ0v) is 29.2. The fraction of sp³-hybridized carbons (Fsp3) is 0.0909. The summed E-state index contributed by atoms with van der Waals surface area (Å²) in [5.41, 5.74) is 8.84. The Morgan fingerprint density at radius 3 is 1.25 bits per heavy atom. The number of pyridine rings is 2. The Labute approximate surface area is 303 Å². The number of benzene rings is 4. The number of hydrogen-bond donors (Lipinski definition) is 0. The van der Waals surface area contributed by atoms with Gasteiger partial charge in [0.25, 0.3) is 0 Å². The van der Waals surface area contributed by atoms with Gasteiger partial charge in [-0.25, -0.2) is 18.3 Å². The summed E-state index contributed by atoms with van der Waals surface area (Å²) in [6, 6.07) is 42.1. The van der Waals surface area contributed by atoms with Crippen molar-refractivity contribution in [3.05, 3.63) is 195 Å². The molecule has 0 bridgehead atoms. The first-order valence-corrected chi connectivity index (χ1v) is 17.2. The summed E-state index contributed by atoms with van der Waals surface area (Å²) in [5.74, 6) is 1.59. The third-order valence-corrected chi connectivity index (χ3v) is 9.21. The number of imidazole rings is 2. The molecule has 8 rings (SSSR count). The van der Waals surface area contributed by atoms with E-state index in [1.54, 1.807) is 14.2 Å². The van der Waals surface area contributed by atoms with Crippen LogP contribution in [0.4, 0.5) is 0 Å². The van der Waals surface area contributed by atoms with Crippen LogP contribution in [0.15, 0.2) is 184 Å². The first-order chi connectivity index (χ1) is 25.6. The highest BCUT2D eigenvalue weighted by Crippen LogP contribution is 2.23. The second-order valence-electron chi connectivity index (χ2n) is 12.7. The maximum atomic E-state index is 5.71. The lowest BCUT2D eigenvalue weighted by Crippen LogP contribution is -2.31. The maximum absolute atomic E-state index is 5.71. The molecule has 0 aliphatic heterocycles. The minimum absolute atomic E-state index is 0.795. The summed E-state index contributed by atoms with van der Waals surface area (Å²) in [6.45, 7) is 1.62. The molecule has 52 heavy (non-hydrogen) atoms. The Morgan fingerprint density at radius 1 is 0.462 bits per heavy atom. The molecule has 4 heterocycles. The predicted octanol–water partition coefficient (Wildman–Crippen LogP) is 6.18. The molecule has 0 spiro atoms. The molecular formula is C44H40N6O2+4. The molecule has 0 aliphatic carbocycles. The zero-order valence-electron chi connectivity index (χ0n) is 29.2. The summed E-state index contributed by atoms with van der Waals surface area (Å²) in [6.07, 6.45) is 20.9. The van der Waals surface area contributed by atoms with Crippen molar-refractivity contribution in [3.8, 4) is 45.4 Å². The van der Waals surface area contributed by atoms with E-state index in [9.17, 15) is 0 Å². The van der Waals surface area contributed by atoms with E-state index < -0.39 is 0 Å². The molecule has 0 fully saturated rings. The second-order valence-corrected chi connectivity index (χ2v) is 12.7. The largest absolute Gasteiger partial charge is 0.496 e. The number of aromatic nitrogens is 6. The van der Waals surface area contributed by atoms with Crippen LogP contribution in [0.5, 0.6) is 11.5 Å². The van der Waals surface area contributed by atoms with Gasteiger partial charge >= 0.3 is 0 Å². The lowest BCUT2D eigenvalue weighted by atomic mass is 10.1. The Balaban J connectivity index is 1.00. The minimum Gasteiger partial charge on any atom is -0.496 e. The lowest BCUT2D eigenvalue weighted by Gasteiger charge is -2.06. The fourth-order valence-corrected chi connectivity index (χ4v) is 6.42. The van der Waals surface area contributed by atoms with E-state index in [4.69, 9.17) is 9.47 Å². The van der Waals surface area contributed by atoms with Crippen molar-refractivity contribution in [2.24, 2.45) is 0 Å². The van der Waals surface area contributed by atoms with Gasteiger partial charge in [-0.05, 0) is 22.3 Å². The van der Waals surface area contributed by atoms with Crippen LogP contribution in [0, 0.1) is 0 Å². The van der Waals surface area contributed by atoms with Crippen LogP contribution in [-0.4, -0.2) is 23.4 Å². The van der Waals surface area contributed by atoms with Crippen LogP contribution in [-0.2, 0) is 13.1 Å². The lowest BCUT2D eigenvalue weighted by molar-refractivity contribution is -0.687. The van der Waals surface area contributed by atoms with E-state index in [1.807, 2.05) is 12.1 Å². The van der Waals surface area contributed by atoms with E-state index in [1.165, 1.54) is 11.1 Å². The topological polar surface area (TPSA) is 43.8 Å². The summed E-state index contributed by atoms with van der Waals surface area (Å²) >= 11 is 0. The summed E-state index contributed by atoms with van der Waals surface area (Å²) in [5, 5.41) is 0. The minimum atomic E-state index is 0.795. The van der Waals surface area contributed by atoms with E-state index in [0.717, 1.165) is 58.5 Å².